The fraction of sp³-hybridized carbons (Fsp3) is 0.471. The third-order valence-electron chi connectivity index (χ3n) is 4.94. The molecule has 1 aromatic rings. The maximum Gasteiger partial charge on any atom is 0.256 e. The Morgan fingerprint density at radius 2 is 2.12 bits per heavy atom. The molecular weight excluding hydrogens is 372 g/mol. The van der Waals surface area contributed by atoms with Crippen LogP contribution in [0.3, 0.4) is 0 Å². The number of nitrogens with zero attached hydrogens (tertiary/aromatic N) is 3. The Morgan fingerprint density at radius 1 is 1.35 bits per heavy atom. The first kappa shape index (κ1) is 17.4. The molecule has 7 nitrogen and oxygen atoms in total. The van der Waals surface area contributed by atoms with Crippen LogP contribution in [0.15, 0.2) is 33.7 Å². The zero-order chi connectivity index (χ0) is 18.4. The molecule has 0 bridgehead atoms. The first-order chi connectivity index (χ1) is 12.4. The van der Waals surface area contributed by atoms with Gasteiger partial charge in [0.2, 0.25) is 0 Å². The third kappa shape index (κ3) is 3.09. The van der Waals surface area contributed by atoms with Crippen molar-refractivity contribution in [2.75, 3.05) is 12.3 Å². The van der Waals surface area contributed by atoms with Crippen molar-refractivity contribution in [2.45, 2.75) is 38.1 Å². The number of carbonyl (C=O) groups is 1. The van der Waals surface area contributed by atoms with Gasteiger partial charge < -0.3 is 10.2 Å². The minimum atomic E-state index is -3.53. The Labute approximate surface area is 156 Å². The van der Waals surface area contributed by atoms with Gasteiger partial charge in [-0.1, -0.05) is 12.8 Å². The van der Waals surface area contributed by atoms with E-state index in [1.807, 2.05) is 12.3 Å². The van der Waals surface area contributed by atoms with Crippen molar-refractivity contribution in [3.05, 3.63) is 40.0 Å². The molecule has 0 spiro atoms. The van der Waals surface area contributed by atoms with Crippen LogP contribution in [-0.4, -0.2) is 42.3 Å². The summed E-state index contributed by atoms with van der Waals surface area (Å²) in [5.41, 5.74) is 0.756. The molecule has 4 rings (SSSR count). The first-order valence-electron chi connectivity index (χ1n) is 8.62. The number of aryl methyl sites for hydroxylation is 1. The topological polar surface area (TPSA) is 91.7 Å². The molecule has 0 unspecified atom stereocenters. The average Bonchev–Trinajstić information content (AvgIpc) is 3.23. The van der Waals surface area contributed by atoms with Gasteiger partial charge in [0.1, 0.15) is 5.01 Å². The molecule has 9 heteroatoms. The molecule has 1 N–H and O–H groups in total. The number of fused-ring (bicyclic) bond motifs is 1. The van der Waals surface area contributed by atoms with Gasteiger partial charge in [0.25, 0.3) is 15.9 Å². The number of amides is 1. The Bertz CT molecular complexity index is 937. The molecule has 0 saturated heterocycles. The quantitative estimate of drug-likeness (QED) is 0.847. The van der Waals surface area contributed by atoms with Crippen molar-refractivity contribution in [1.29, 1.82) is 0 Å². The van der Waals surface area contributed by atoms with Crippen LogP contribution in [0.1, 0.15) is 36.4 Å². The number of aromatic nitrogens is 1. The zero-order valence-electron chi connectivity index (χ0n) is 14.4. The monoisotopic (exact) mass is 392 g/mol. The number of allylic oxidation sites excluding steroid dienone is 2. The van der Waals surface area contributed by atoms with E-state index in [-0.39, 0.29) is 23.1 Å². The van der Waals surface area contributed by atoms with Gasteiger partial charge in [0, 0.05) is 23.8 Å². The largest absolute Gasteiger partial charge is 0.340 e. The molecule has 1 aromatic heterocycles. The maximum absolute atomic E-state index is 13.1. The minimum Gasteiger partial charge on any atom is -0.340 e. The van der Waals surface area contributed by atoms with E-state index in [0.717, 1.165) is 36.4 Å². The highest BCUT2D eigenvalue weighted by Gasteiger charge is 2.41. The molecule has 1 saturated carbocycles. The third-order valence-corrected chi connectivity index (χ3v) is 7.25. The standard InChI is InChI=1S/C17H20N4O3S2/c1-12-11-25-16(18-12)17(6-2-3-7-17)19-15(22)13-5-4-8-21-9-10-26(23,24)20-14(13)21/h4-5,8,11H,2-3,6-7,9-10H2,1H3,(H,19,22). The molecule has 138 valence electrons. The first-order valence-corrected chi connectivity index (χ1v) is 11.1. The SMILES string of the molecule is Cc1csc(C2(NC(=O)C3=CC=CN4CCS(=O)(=O)N=C34)CCCC2)n1. The molecule has 0 atom stereocenters. The highest BCUT2D eigenvalue weighted by molar-refractivity contribution is 7.90. The number of rotatable bonds is 3. The van der Waals surface area contributed by atoms with Crippen LogP contribution in [0.5, 0.6) is 0 Å². The second-order valence-electron chi connectivity index (χ2n) is 6.85. The van der Waals surface area contributed by atoms with Gasteiger partial charge in [0.05, 0.1) is 16.9 Å². The van der Waals surface area contributed by atoms with E-state index < -0.39 is 15.6 Å². The smallest absolute Gasteiger partial charge is 0.256 e. The molecule has 1 amide bonds. The molecule has 1 fully saturated rings. The lowest BCUT2D eigenvalue weighted by Gasteiger charge is -2.32. The van der Waals surface area contributed by atoms with Crippen molar-refractivity contribution in [1.82, 2.24) is 15.2 Å². The van der Waals surface area contributed by atoms with Crippen molar-refractivity contribution in [3.63, 3.8) is 0 Å². The molecule has 0 aromatic carbocycles. The molecule has 2 aliphatic heterocycles. The number of hydrogen-bond donors (Lipinski definition) is 1. The Balaban J connectivity index is 1.65. The minimum absolute atomic E-state index is 0.0436. The molecule has 26 heavy (non-hydrogen) atoms. The van der Waals surface area contributed by atoms with Gasteiger partial charge in [-0.15, -0.1) is 15.7 Å². The molecular formula is C17H20N4O3S2. The lowest BCUT2D eigenvalue weighted by molar-refractivity contribution is -0.119. The zero-order valence-corrected chi connectivity index (χ0v) is 16.1. The number of amidine groups is 1. The van der Waals surface area contributed by atoms with Crippen molar-refractivity contribution in [3.8, 4) is 0 Å². The van der Waals surface area contributed by atoms with Crippen LogP contribution in [0.4, 0.5) is 0 Å². The van der Waals surface area contributed by atoms with E-state index in [4.69, 9.17) is 0 Å². The summed E-state index contributed by atoms with van der Waals surface area (Å²) in [6, 6.07) is 0. The van der Waals surface area contributed by atoms with Gasteiger partial charge in [-0.3, -0.25) is 4.79 Å². The van der Waals surface area contributed by atoms with Gasteiger partial charge in [-0.25, -0.2) is 13.4 Å². The Hall–Kier alpha value is -2.00. The molecule has 3 aliphatic rings. The van der Waals surface area contributed by atoms with Crippen LogP contribution < -0.4 is 5.32 Å². The average molecular weight is 393 g/mol. The normalized spacial score (nSPS) is 23.2. The number of carbonyl (C=O) groups excluding carboxylic acids is 1. The number of nitrogens with one attached hydrogen (secondary N) is 1. The fourth-order valence-corrected chi connectivity index (χ4v) is 5.62. The summed E-state index contributed by atoms with van der Waals surface area (Å²) in [7, 11) is -3.53. The second kappa shape index (κ2) is 6.31. The van der Waals surface area contributed by atoms with E-state index in [9.17, 15) is 13.2 Å². The van der Waals surface area contributed by atoms with Crippen LogP contribution in [0.2, 0.25) is 0 Å². The van der Waals surface area contributed by atoms with Crippen LogP contribution in [-0.2, 0) is 20.4 Å². The van der Waals surface area contributed by atoms with E-state index >= 15 is 0 Å². The number of sulfonamides is 1. The van der Waals surface area contributed by atoms with Crippen molar-refractivity contribution in [2.24, 2.45) is 4.40 Å². The highest BCUT2D eigenvalue weighted by atomic mass is 32.2. The van der Waals surface area contributed by atoms with E-state index in [2.05, 4.69) is 14.7 Å². The Kier molecular flexibility index (Phi) is 4.23. The summed E-state index contributed by atoms with van der Waals surface area (Å²) >= 11 is 1.56. The summed E-state index contributed by atoms with van der Waals surface area (Å²) < 4.78 is 27.6. The predicted molar refractivity (Wildman–Crippen MR) is 100 cm³/mol. The molecule has 3 heterocycles. The lowest BCUT2D eigenvalue weighted by atomic mass is 9.97. The van der Waals surface area contributed by atoms with Gasteiger partial charge in [-0.2, -0.15) is 0 Å². The van der Waals surface area contributed by atoms with E-state index in [1.54, 1.807) is 34.6 Å². The Morgan fingerprint density at radius 3 is 2.81 bits per heavy atom. The van der Waals surface area contributed by atoms with E-state index in [1.165, 1.54) is 0 Å². The van der Waals surface area contributed by atoms with Crippen LogP contribution in [0, 0.1) is 6.92 Å². The summed E-state index contributed by atoms with van der Waals surface area (Å²) in [4.78, 5) is 19.4. The van der Waals surface area contributed by atoms with Crippen LogP contribution in [0.25, 0.3) is 0 Å². The van der Waals surface area contributed by atoms with Crippen molar-refractivity contribution >= 4 is 33.1 Å². The van der Waals surface area contributed by atoms with E-state index in [0.29, 0.717) is 6.54 Å². The fourth-order valence-electron chi connectivity index (χ4n) is 3.62. The van der Waals surface area contributed by atoms with Gasteiger partial charge in [0.15, 0.2) is 5.84 Å². The highest BCUT2D eigenvalue weighted by Crippen LogP contribution is 2.40. The predicted octanol–water partition coefficient (Wildman–Crippen LogP) is 1.83. The summed E-state index contributed by atoms with van der Waals surface area (Å²) in [6.45, 7) is 2.25. The summed E-state index contributed by atoms with van der Waals surface area (Å²) in [6.07, 6.45) is 8.85. The lowest BCUT2D eigenvalue weighted by Crippen LogP contribution is -2.48. The van der Waals surface area contributed by atoms with Gasteiger partial charge >= 0.3 is 0 Å². The number of thiazole rings is 1. The van der Waals surface area contributed by atoms with Crippen molar-refractivity contribution < 1.29 is 13.2 Å². The molecule has 1 aliphatic carbocycles. The molecule has 0 radical (unpaired) electrons. The second-order valence-corrected chi connectivity index (χ2v) is 9.47. The maximum atomic E-state index is 13.1. The summed E-state index contributed by atoms with van der Waals surface area (Å²) in [5, 5.41) is 6.07. The van der Waals surface area contributed by atoms with Gasteiger partial charge in [-0.05, 0) is 31.9 Å². The van der Waals surface area contributed by atoms with Crippen LogP contribution >= 0.6 is 11.3 Å². The summed E-state index contributed by atoms with van der Waals surface area (Å²) in [5.74, 6) is -0.136. The number of hydrogen-bond acceptors (Lipinski definition) is 6.